The highest BCUT2D eigenvalue weighted by Gasteiger charge is 2.23. The van der Waals surface area contributed by atoms with Crippen LogP contribution in [0.15, 0.2) is 83.3 Å². The van der Waals surface area contributed by atoms with Crippen LogP contribution in [0.5, 0.6) is 5.75 Å². The van der Waals surface area contributed by atoms with E-state index in [1.807, 2.05) is 60.7 Å². The molecule has 0 fully saturated rings. The summed E-state index contributed by atoms with van der Waals surface area (Å²) in [6.45, 7) is 0. The van der Waals surface area contributed by atoms with Gasteiger partial charge in [0, 0.05) is 23.4 Å². The van der Waals surface area contributed by atoms with Crippen molar-refractivity contribution in [3.8, 4) is 5.75 Å². The number of rotatable bonds is 10. The first-order valence-electron chi connectivity index (χ1n) is 11.8. The largest absolute Gasteiger partial charge is 0.497 e. The number of ether oxygens (including phenoxy) is 1. The Morgan fingerprint density at radius 2 is 1.83 bits per heavy atom. The molecule has 3 aromatic rings. The summed E-state index contributed by atoms with van der Waals surface area (Å²) < 4.78 is 5.18. The number of nitrogens with two attached hydrogens (primary N) is 1. The highest BCUT2D eigenvalue weighted by molar-refractivity contribution is 7.99. The van der Waals surface area contributed by atoms with Crippen molar-refractivity contribution in [3.63, 3.8) is 0 Å². The number of carboxylic acid groups (broad SMARTS) is 1. The molecule has 186 valence electrons. The molecule has 0 aliphatic heterocycles. The first kappa shape index (κ1) is 25.5. The molecule has 0 saturated carbocycles. The Labute approximate surface area is 215 Å². The first-order chi connectivity index (χ1) is 17.4. The number of likely N-dealkylation sites (N-methyl/N-ethyl adjacent to an activating group) is 1. The van der Waals surface area contributed by atoms with Gasteiger partial charge in [0.2, 0.25) is 5.91 Å². The summed E-state index contributed by atoms with van der Waals surface area (Å²) in [7, 11) is 3.32. The van der Waals surface area contributed by atoms with Crippen LogP contribution < -0.4 is 15.4 Å². The van der Waals surface area contributed by atoms with Crippen molar-refractivity contribution in [1.82, 2.24) is 0 Å². The minimum Gasteiger partial charge on any atom is -0.497 e. The lowest BCUT2D eigenvalue weighted by molar-refractivity contribution is -0.135. The van der Waals surface area contributed by atoms with Crippen LogP contribution in [0.25, 0.3) is 5.57 Å². The Balaban J connectivity index is 1.40. The number of fused-ring (bicyclic) bond motifs is 1. The minimum atomic E-state index is -0.815. The van der Waals surface area contributed by atoms with Crippen LogP contribution in [-0.2, 0) is 22.4 Å². The zero-order valence-electron chi connectivity index (χ0n) is 20.4. The lowest BCUT2D eigenvalue weighted by Crippen LogP contribution is -2.43. The number of carbonyl (C=O) groups is 2. The molecule has 0 radical (unpaired) electrons. The second kappa shape index (κ2) is 11.5. The van der Waals surface area contributed by atoms with Gasteiger partial charge in [-0.3, -0.25) is 9.59 Å². The number of carboxylic acids is 1. The maximum absolute atomic E-state index is 12.9. The maximum atomic E-state index is 12.9. The third kappa shape index (κ3) is 5.98. The summed E-state index contributed by atoms with van der Waals surface area (Å²) in [5, 5.41) is 9.41. The summed E-state index contributed by atoms with van der Waals surface area (Å²) in [6.07, 6.45) is 1.24. The van der Waals surface area contributed by atoms with E-state index in [0.29, 0.717) is 12.2 Å². The molecule has 1 aliphatic rings. The fraction of sp³-hybridized carbons (Fsp3) is 0.241. The molecule has 4 rings (SSSR count). The molecule has 36 heavy (non-hydrogen) atoms. The van der Waals surface area contributed by atoms with Crippen LogP contribution >= 0.6 is 11.8 Å². The molecule has 0 heterocycles. The van der Waals surface area contributed by atoms with Gasteiger partial charge in [-0.1, -0.05) is 42.0 Å². The number of thioether (sulfide) groups is 1. The second-order valence-electron chi connectivity index (χ2n) is 8.83. The van der Waals surface area contributed by atoms with E-state index < -0.39 is 12.0 Å². The molecular weight excluding hydrogens is 472 g/mol. The standard InChI is InChI=1S/C29H30N2O4S/c1-31(22-10-12-23(35-2)13-11-22)29(34)27(30)15-19-6-5-8-24(14-19)36-18-21-16-20-7-3-4-9-25(20)26(21)17-28(32)33/h3-14,27H,15-18,30H2,1-2H3,(H,32,33)/t27-/m0/s1. The van der Waals surface area contributed by atoms with Crippen molar-refractivity contribution in [3.05, 3.63) is 95.1 Å². The summed E-state index contributed by atoms with van der Waals surface area (Å²) in [5.74, 6) is 0.465. The Bertz CT molecular complexity index is 1290. The minimum absolute atomic E-state index is 0.0334. The van der Waals surface area contributed by atoms with E-state index in [2.05, 4.69) is 12.1 Å². The number of benzene rings is 3. The number of carbonyl (C=O) groups excluding carboxylic acids is 1. The predicted molar refractivity (Wildman–Crippen MR) is 145 cm³/mol. The quantitative estimate of drug-likeness (QED) is 0.387. The van der Waals surface area contributed by atoms with Gasteiger partial charge >= 0.3 is 5.97 Å². The van der Waals surface area contributed by atoms with E-state index in [1.165, 1.54) is 5.56 Å². The monoisotopic (exact) mass is 502 g/mol. The lowest BCUT2D eigenvalue weighted by Gasteiger charge is -2.22. The molecule has 0 bridgehead atoms. The number of hydrogen-bond acceptors (Lipinski definition) is 5. The highest BCUT2D eigenvalue weighted by atomic mass is 32.2. The number of aliphatic carboxylic acids is 1. The molecule has 0 spiro atoms. The van der Waals surface area contributed by atoms with Gasteiger partial charge < -0.3 is 20.5 Å². The van der Waals surface area contributed by atoms with E-state index in [9.17, 15) is 14.7 Å². The van der Waals surface area contributed by atoms with Crippen molar-refractivity contribution >= 4 is 34.9 Å². The third-order valence-electron chi connectivity index (χ3n) is 6.38. The fourth-order valence-corrected chi connectivity index (χ4v) is 5.49. The van der Waals surface area contributed by atoms with Gasteiger partial charge in [-0.05, 0) is 71.5 Å². The van der Waals surface area contributed by atoms with Gasteiger partial charge in [-0.25, -0.2) is 0 Å². The van der Waals surface area contributed by atoms with Gasteiger partial charge in [0.25, 0.3) is 0 Å². The van der Waals surface area contributed by atoms with E-state index in [0.717, 1.165) is 45.0 Å². The van der Waals surface area contributed by atoms with Crippen molar-refractivity contribution < 1.29 is 19.4 Å². The highest BCUT2D eigenvalue weighted by Crippen LogP contribution is 2.37. The zero-order chi connectivity index (χ0) is 25.7. The Morgan fingerprint density at radius 1 is 1.08 bits per heavy atom. The molecule has 7 heteroatoms. The van der Waals surface area contributed by atoms with Gasteiger partial charge in [0.05, 0.1) is 19.6 Å². The smallest absolute Gasteiger partial charge is 0.307 e. The number of anilines is 1. The van der Waals surface area contributed by atoms with E-state index in [-0.39, 0.29) is 12.3 Å². The summed E-state index contributed by atoms with van der Waals surface area (Å²) in [6, 6.07) is 22.7. The SMILES string of the molecule is COc1ccc(N(C)C(=O)[C@@H](N)Cc2cccc(SCC3=C(CC(=O)O)c4ccccc4C3)c2)cc1. The first-order valence-corrected chi connectivity index (χ1v) is 12.7. The van der Waals surface area contributed by atoms with Gasteiger partial charge in [0.1, 0.15) is 5.75 Å². The van der Waals surface area contributed by atoms with Gasteiger partial charge in [-0.15, -0.1) is 11.8 Å². The molecule has 1 amide bonds. The molecular formula is C29H30N2O4S. The third-order valence-corrected chi connectivity index (χ3v) is 7.46. The number of nitrogens with zero attached hydrogens (tertiary/aromatic N) is 1. The lowest BCUT2D eigenvalue weighted by atomic mass is 10.0. The Hall–Kier alpha value is -3.55. The Morgan fingerprint density at radius 3 is 2.56 bits per heavy atom. The fourth-order valence-electron chi connectivity index (χ4n) is 4.46. The van der Waals surface area contributed by atoms with Crippen LogP contribution in [0, 0.1) is 0 Å². The molecule has 1 atom stereocenters. The van der Waals surface area contributed by atoms with Crippen LogP contribution in [0.4, 0.5) is 5.69 Å². The average Bonchev–Trinajstić information content (AvgIpc) is 3.23. The topological polar surface area (TPSA) is 92.9 Å². The molecule has 0 aromatic heterocycles. The summed E-state index contributed by atoms with van der Waals surface area (Å²) >= 11 is 1.68. The summed E-state index contributed by atoms with van der Waals surface area (Å²) in [4.78, 5) is 27.0. The normalized spacial score (nSPS) is 13.3. The number of amides is 1. The summed E-state index contributed by atoms with van der Waals surface area (Å²) in [5.41, 5.74) is 12.3. The van der Waals surface area contributed by atoms with E-state index in [4.69, 9.17) is 10.5 Å². The second-order valence-corrected chi connectivity index (χ2v) is 9.88. The molecule has 0 saturated heterocycles. The van der Waals surface area contributed by atoms with Crippen molar-refractivity contribution in [1.29, 1.82) is 0 Å². The maximum Gasteiger partial charge on any atom is 0.307 e. The van der Waals surface area contributed by atoms with Crippen LogP contribution in [0.1, 0.15) is 23.1 Å². The average molecular weight is 503 g/mol. The Kier molecular flexibility index (Phi) is 8.13. The molecule has 3 N–H and O–H groups in total. The van der Waals surface area contributed by atoms with Crippen LogP contribution in [0.3, 0.4) is 0 Å². The van der Waals surface area contributed by atoms with Crippen molar-refractivity contribution in [2.45, 2.75) is 30.2 Å². The van der Waals surface area contributed by atoms with E-state index >= 15 is 0 Å². The molecule has 3 aromatic carbocycles. The van der Waals surface area contributed by atoms with Crippen LogP contribution in [0.2, 0.25) is 0 Å². The predicted octanol–water partition coefficient (Wildman–Crippen LogP) is 4.80. The number of hydrogen-bond donors (Lipinski definition) is 2. The van der Waals surface area contributed by atoms with Gasteiger partial charge in [-0.2, -0.15) is 0 Å². The van der Waals surface area contributed by atoms with Crippen LogP contribution in [-0.4, -0.2) is 42.9 Å². The molecule has 0 unspecified atom stereocenters. The van der Waals surface area contributed by atoms with Gasteiger partial charge in [0.15, 0.2) is 0 Å². The molecule has 6 nitrogen and oxygen atoms in total. The zero-order valence-corrected chi connectivity index (χ0v) is 21.3. The van der Waals surface area contributed by atoms with Crippen molar-refractivity contribution in [2.75, 3.05) is 24.8 Å². The molecule has 1 aliphatic carbocycles. The van der Waals surface area contributed by atoms with Crippen molar-refractivity contribution in [2.24, 2.45) is 5.73 Å². The number of methoxy groups -OCH3 is 1. The van der Waals surface area contributed by atoms with E-state index in [1.54, 1.807) is 30.8 Å².